The Bertz CT molecular complexity index is 1440. The number of aromatic hydroxyl groups is 1. The molecule has 1 spiro atoms. The Balaban J connectivity index is 1.27. The average molecular weight is 644 g/mol. The van der Waals surface area contributed by atoms with E-state index in [0.717, 1.165) is 24.0 Å². The molecule has 0 aromatic heterocycles. The third kappa shape index (κ3) is 5.91. The molecule has 1 aromatic rings. The Morgan fingerprint density at radius 1 is 1.07 bits per heavy atom. The second-order valence-corrected chi connectivity index (χ2v) is 14.4. The molecule has 0 saturated heterocycles. The Hall–Kier alpha value is -3.80. The van der Waals surface area contributed by atoms with Gasteiger partial charge in [-0.05, 0) is 96.3 Å². The quantitative estimate of drug-likeness (QED) is 0.262. The molecule has 2 bridgehead atoms. The molecule has 0 radical (unpaired) electrons. The van der Waals surface area contributed by atoms with Crippen LogP contribution in [0.4, 0.5) is 4.79 Å². The van der Waals surface area contributed by atoms with Gasteiger partial charge in [0.15, 0.2) is 29.8 Å². The van der Waals surface area contributed by atoms with Gasteiger partial charge in [0.1, 0.15) is 17.4 Å². The molecule has 12 heteroatoms. The SMILES string of the molecule is CC(C)C[C@H](NC(=O)[C@H](C)OC(=O)OC(C)(C)C)C(=O)O[C@@H](C)C(=O)OC1=CC[C@@]2(O)[C@@H]3CCC[C@@]24c2c(ccc(O)c2O[C@@H]14)C3. The zero-order valence-corrected chi connectivity index (χ0v) is 27.5. The molecule has 0 unspecified atom stereocenters. The van der Waals surface area contributed by atoms with Crippen molar-refractivity contribution in [3.63, 3.8) is 0 Å². The number of phenolic OH excluding ortho intramolecular Hbond substituents is 1. The molecule has 3 N–H and O–H groups in total. The van der Waals surface area contributed by atoms with Crippen LogP contribution in [0.2, 0.25) is 0 Å². The number of hydrogen-bond donors (Lipinski definition) is 3. The van der Waals surface area contributed by atoms with Gasteiger partial charge in [-0.25, -0.2) is 14.4 Å². The van der Waals surface area contributed by atoms with Crippen molar-refractivity contribution in [2.45, 2.75) is 128 Å². The van der Waals surface area contributed by atoms with Gasteiger partial charge in [-0.2, -0.15) is 0 Å². The van der Waals surface area contributed by atoms with Gasteiger partial charge in [-0.1, -0.05) is 26.3 Å². The first-order valence-corrected chi connectivity index (χ1v) is 16.0. The maximum absolute atomic E-state index is 13.3. The highest BCUT2D eigenvalue weighted by Crippen LogP contribution is 2.67. The Kier molecular flexibility index (Phi) is 8.82. The summed E-state index contributed by atoms with van der Waals surface area (Å²) in [6, 6.07) is 2.34. The molecule has 1 saturated carbocycles. The number of carbonyl (C=O) groups is 4. The number of aliphatic hydroxyl groups is 1. The fraction of sp³-hybridized carbons (Fsp3) is 0.647. The zero-order chi connectivity index (χ0) is 33.8. The highest BCUT2D eigenvalue weighted by Gasteiger charge is 2.71. The molecular formula is C34H45NO11. The van der Waals surface area contributed by atoms with Crippen LogP contribution < -0.4 is 10.1 Å². The fourth-order valence-electron chi connectivity index (χ4n) is 7.48. The number of ether oxygens (including phenoxy) is 5. The summed E-state index contributed by atoms with van der Waals surface area (Å²) in [5.74, 6) is -2.03. The lowest BCUT2D eigenvalue weighted by atomic mass is 9.47. The van der Waals surface area contributed by atoms with Gasteiger partial charge < -0.3 is 39.2 Å². The van der Waals surface area contributed by atoms with E-state index in [1.54, 1.807) is 32.9 Å². The highest BCUT2D eigenvalue weighted by molar-refractivity contribution is 5.89. The van der Waals surface area contributed by atoms with Crippen molar-refractivity contribution < 1.29 is 53.1 Å². The summed E-state index contributed by atoms with van der Waals surface area (Å²) in [7, 11) is 0. The van der Waals surface area contributed by atoms with Crippen LogP contribution in [0.25, 0.3) is 0 Å². The summed E-state index contributed by atoms with van der Waals surface area (Å²) >= 11 is 0. The molecule has 1 amide bonds. The van der Waals surface area contributed by atoms with Crippen LogP contribution >= 0.6 is 0 Å². The van der Waals surface area contributed by atoms with Crippen LogP contribution in [0.15, 0.2) is 24.0 Å². The first-order valence-electron chi connectivity index (χ1n) is 16.0. The molecule has 252 valence electrons. The van der Waals surface area contributed by atoms with E-state index in [4.69, 9.17) is 23.7 Å². The molecule has 7 atom stereocenters. The van der Waals surface area contributed by atoms with Crippen molar-refractivity contribution in [2.75, 3.05) is 0 Å². The van der Waals surface area contributed by atoms with Crippen LogP contribution in [0, 0.1) is 11.8 Å². The van der Waals surface area contributed by atoms with Gasteiger partial charge in [0.05, 0.1) is 11.0 Å². The topological polar surface area (TPSA) is 167 Å². The second-order valence-electron chi connectivity index (χ2n) is 14.4. The lowest BCUT2D eigenvalue weighted by molar-refractivity contribution is -0.172. The van der Waals surface area contributed by atoms with E-state index < -0.39 is 65.0 Å². The predicted octanol–water partition coefficient (Wildman–Crippen LogP) is 4.11. The number of benzene rings is 1. The van der Waals surface area contributed by atoms with Gasteiger partial charge in [-0.15, -0.1) is 0 Å². The van der Waals surface area contributed by atoms with Crippen molar-refractivity contribution in [1.29, 1.82) is 0 Å². The minimum absolute atomic E-state index is 0.00548. The maximum atomic E-state index is 13.3. The fourth-order valence-corrected chi connectivity index (χ4v) is 7.48. The molecule has 46 heavy (non-hydrogen) atoms. The van der Waals surface area contributed by atoms with Gasteiger partial charge in [0.25, 0.3) is 5.91 Å². The smallest absolute Gasteiger partial charge is 0.504 e. The van der Waals surface area contributed by atoms with Gasteiger partial charge >= 0.3 is 18.1 Å². The minimum Gasteiger partial charge on any atom is -0.504 e. The third-order valence-corrected chi connectivity index (χ3v) is 9.45. The van der Waals surface area contributed by atoms with Crippen molar-refractivity contribution in [2.24, 2.45) is 11.8 Å². The maximum Gasteiger partial charge on any atom is 0.509 e. The van der Waals surface area contributed by atoms with Crippen LogP contribution in [-0.2, 0) is 45.2 Å². The summed E-state index contributed by atoms with van der Waals surface area (Å²) in [6.07, 6.45) is 0.593. The molecule has 12 nitrogen and oxygen atoms in total. The van der Waals surface area contributed by atoms with Crippen LogP contribution in [0.5, 0.6) is 11.5 Å². The number of esters is 2. The summed E-state index contributed by atoms with van der Waals surface area (Å²) in [5, 5.41) is 25.4. The minimum atomic E-state index is -1.35. The number of rotatable bonds is 9. The van der Waals surface area contributed by atoms with E-state index in [1.165, 1.54) is 13.8 Å². The molecule has 1 aromatic carbocycles. The van der Waals surface area contributed by atoms with Crippen molar-refractivity contribution in [1.82, 2.24) is 5.32 Å². The van der Waals surface area contributed by atoms with Gasteiger partial charge in [0, 0.05) is 5.56 Å². The summed E-state index contributed by atoms with van der Waals surface area (Å²) in [5.41, 5.74) is -1.02. The number of phenols is 1. The van der Waals surface area contributed by atoms with E-state index in [9.17, 15) is 29.4 Å². The molecule has 1 heterocycles. The largest absolute Gasteiger partial charge is 0.509 e. The zero-order valence-electron chi connectivity index (χ0n) is 27.5. The van der Waals surface area contributed by atoms with Crippen molar-refractivity contribution in [3.05, 3.63) is 35.1 Å². The van der Waals surface area contributed by atoms with E-state index in [0.29, 0.717) is 18.6 Å². The molecule has 5 rings (SSSR count). The van der Waals surface area contributed by atoms with Crippen LogP contribution in [0.1, 0.15) is 91.7 Å². The number of amides is 1. The molecule has 4 aliphatic rings. The van der Waals surface area contributed by atoms with E-state index in [-0.39, 0.29) is 36.2 Å². The number of nitrogens with one attached hydrogen (secondary N) is 1. The van der Waals surface area contributed by atoms with Crippen molar-refractivity contribution in [3.8, 4) is 11.5 Å². The summed E-state index contributed by atoms with van der Waals surface area (Å²) in [4.78, 5) is 51.4. The Labute approximate surface area is 268 Å². The first-order chi connectivity index (χ1) is 21.5. The van der Waals surface area contributed by atoms with Crippen LogP contribution in [-0.4, -0.2) is 69.8 Å². The van der Waals surface area contributed by atoms with Gasteiger partial charge in [0.2, 0.25) is 0 Å². The summed E-state index contributed by atoms with van der Waals surface area (Å²) < 4.78 is 27.7. The lowest BCUT2D eigenvalue weighted by Gasteiger charge is -2.59. The molecular weight excluding hydrogens is 598 g/mol. The first kappa shape index (κ1) is 33.6. The van der Waals surface area contributed by atoms with E-state index in [1.807, 2.05) is 19.9 Å². The average Bonchev–Trinajstić information content (AvgIpc) is 3.29. The van der Waals surface area contributed by atoms with E-state index >= 15 is 0 Å². The highest BCUT2D eigenvalue weighted by atomic mass is 16.7. The Morgan fingerprint density at radius 2 is 1.78 bits per heavy atom. The number of hydrogen-bond acceptors (Lipinski definition) is 11. The normalized spacial score (nSPS) is 27.6. The van der Waals surface area contributed by atoms with E-state index in [2.05, 4.69) is 5.32 Å². The third-order valence-electron chi connectivity index (χ3n) is 9.45. The van der Waals surface area contributed by atoms with Gasteiger partial charge in [-0.3, -0.25) is 4.79 Å². The van der Waals surface area contributed by atoms with Crippen LogP contribution in [0.3, 0.4) is 0 Å². The molecule has 3 aliphatic carbocycles. The predicted molar refractivity (Wildman–Crippen MR) is 163 cm³/mol. The lowest BCUT2D eigenvalue weighted by Crippen LogP contribution is -2.67. The second kappa shape index (κ2) is 12.1. The number of carbonyl (C=O) groups excluding carboxylic acids is 4. The summed E-state index contributed by atoms with van der Waals surface area (Å²) in [6.45, 7) is 11.4. The Morgan fingerprint density at radius 3 is 2.46 bits per heavy atom. The monoisotopic (exact) mass is 643 g/mol. The molecule has 1 aliphatic heterocycles. The van der Waals surface area contributed by atoms with Crippen molar-refractivity contribution >= 4 is 24.0 Å². The standard InChI is InChI=1S/C34H45NO11/c1-17(2)15-22(35-28(37)18(3)43-31(40)46-32(5,6)7)30(39)42-19(4)29(38)44-24-12-14-34(41)21-9-8-13-33(34)25-20(16-21)10-11-23(36)26(25)45-27(24)33/h10-12,17-19,21-22,27,36,41H,8-9,13-16H2,1-7H3,(H,35,37)/t18-,19-,21+,22-,27-,33-,34+/m0/s1. The molecule has 1 fully saturated rings.